The second kappa shape index (κ2) is 9.85. The summed E-state index contributed by atoms with van der Waals surface area (Å²) in [6.45, 7) is 3.62. The van der Waals surface area contributed by atoms with E-state index >= 15 is 0 Å². The molecule has 3 saturated heterocycles. The largest absolute Gasteiger partial charge is 0.381 e. The summed E-state index contributed by atoms with van der Waals surface area (Å²) in [5, 5.41) is 6.12. The van der Waals surface area contributed by atoms with Gasteiger partial charge in [-0.15, -0.1) is 0 Å². The van der Waals surface area contributed by atoms with Crippen LogP contribution in [0.2, 0.25) is 0 Å². The Balaban J connectivity index is 1.31. The van der Waals surface area contributed by atoms with E-state index in [-0.39, 0.29) is 29.9 Å². The van der Waals surface area contributed by atoms with E-state index in [4.69, 9.17) is 4.74 Å². The molecule has 8 heteroatoms. The van der Waals surface area contributed by atoms with Gasteiger partial charge in [0.05, 0.1) is 0 Å². The van der Waals surface area contributed by atoms with E-state index in [1.165, 1.54) is 0 Å². The van der Waals surface area contributed by atoms with Gasteiger partial charge in [-0.05, 0) is 44.4 Å². The van der Waals surface area contributed by atoms with Gasteiger partial charge >= 0.3 is 0 Å². The molecule has 0 radical (unpaired) electrons. The number of amides is 2. The van der Waals surface area contributed by atoms with Crippen LogP contribution in [0.4, 0.5) is 0 Å². The van der Waals surface area contributed by atoms with Crippen molar-refractivity contribution in [2.24, 2.45) is 0 Å². The van der Waals surface area contributed by atoms with E-state index in [1.54, 1.807) is 12.4 Å². The SMILES string of the molecule is CN1[C@@H](CCC(=O)NCc2cccnc2)CNC(=O)[C@@H]2[C@@H]1CCN2C1CCOCC1. The first-order valence-corrected chi connectivity index (χ1v) is 11.1. The van der Waals surface area contributed by atoms with Crippen molar-refractivity contribution >= 4 is 11.8 Å². The molecule has 0 bridgehead atoms. The van der Waals surface area contributed by atoms with E-state index in [0.717, 1.165) is 51.0 Å². The number of fused-ring (bicyclic) bond motifs is 1. The second-order valence-corrected chi connectivity index (χ2v) is 8.62. The molecule has 3 aliphatic rings. The highest BCUT2D eigenvalue weighted by Crippen LogP contribution is 2.31. The second-order valence-electron chi connectivity index (χ2n) is 8.62. The molecule has 2 N–H and O–H groups in total. The highest BCUT2D eigenvalue weighted by molar-refractivity contribution is 5.83. The number of likely N-dealkylation sites (N-methyl/N-ethyl adjacent to an activating group) is 1. The monoisotopic (exact) mass is 415 g/mol. The van der Waals surface area contributed by atoms with Crippen LogP contribution >= 0.6 is 0 Å². The number of carbonyl (C=O) groups excluding carboxylic acids is 2. The topological polar surface area (TPSA) is 86.8 Å². The number of hydrogen-bond acceptors (Lipinski definition) is 6. The lowest BCUT2D eigenvalue weighted by molar-refractivity contribution is -0.127. The van der Waals surface area contributed by atoms with Crippen LogP contribution in [0.5, 0.6) is 0 Å². The first kappa shape index (κ1) is 21.2. The van der Waals surface area contributed by atoms with Gasteiger partial charge in [0.15, 0.2) is 0 Å². The van der Waals surface area contributed by atoms with Crippen molar-refractivity contribution < 1.29 is 14.3 Å². The highest BCUT2D eigenvalue weighted by Gasteiger charge is 2.47. The fourth-order valence-electron chi connectivity index (χ4n) is 5.11. The Bertz CT molecular complexity index is 725. The van der Waals surface area contributed by atoms with Gasteiger partial charge < -0.3 is 15.4 Å². The number of nitrogens with one attached hydrogen (secondary N) is 2. The minimum absolute atomic E-state index is 0.0367. The van der Waals surface area contributed by atoms with Crippen LogP contribution in [0.25, 0.3) is 0 Å². The van der Waals surface area contributed by atoms with Crippen molar-refractivity contribution in [2.45, 2.75) is 62.8 Å². The van der Waals surface area contributed by atoms with Crippen LogP contribution in [-0.2, 0) is 20.9 Å². The summed E-state index contributed by atoms with van der Waals surface area (Å²) in [5.41, 5.74) is 0.992. The number of pyridine rings is 1. The van der Waals surface area contributed by atoms with Crippen LogP contribution < -0.4 is 10.6 Å². The number of ether oxygens (including phenoxy) is 1. The summed E-state index contributed by atoms with van der Waals surface area (Å²) in [4.78, 5) is 34.1. The molecule has 30 heavy (non-hydrogen) atoms. The lowest BCUT2D eigenvalue weighted by Crippen LogP contribution is -2.53. The Morgan fingerprint density at radius 1 is 1.33 bits per heavy atom. The molecule has 3 aliphatic heterocycles. The van der Waals surface area contributed by atoms with Crippen molar-refractivity contribution in [2.75, 3.05) is 33.4 Å². The summed E-state index contributed by atoms with van der Waals surface area (Å²) >= 11 is 0. The summed E-state index contributed by atoms with van der Waals surface area (Å²) in [5.74, 6) is 0.175. The quantitative estimate of drug-likeness (QED) is 0.705. The number of rotatable bonds is 6. The molecule has 1 aromatic rings. The van der Waals surface area contributed by atoms with Gasteiger partial charge in [-0.3, -0.25) is 24.4 Å². The lowest BCUT2D eigenvalue weighted by atomic mass is 10.0. The van der Waals surface area contributed by atoms with Crippen LogP contribution in [0.3, 0.4) is 0 Å². The maximum Gasteiger partial charge on any atom is 0.239 e. The molecule has 3 atom stereocenters. The molecule has 2 amide bonds. The van der Waals surface area contributed by atoms with E-state index in [9.17, 15) is 9.59 Å². The lowest BCUT2D eigenvalue weighted by Gasteiger charge is -2.37. The Hall–Kier alpha value is -2.03. The molecule has 164 valence electrons. The fraction of sp³-hybridized carbons (Fsp3) is 0.682. The van der Waals surface area contributed by atoms with Crippen molar-refractivity contribution in [3.8, 4) is 0 Å². The Kier molecular flexibility index (Phi) is 6.97. The first-order valence-electron chi connectivity index (χ1n) is 11.1. The summed E-state index contributed by atoms with van der Waals surface area (Å²) in [7, 11) is 2.11. The van der Waals surface area contributed by atoms with Crippen molar-refractivity contribution in [3.05, 3.63) is 30.1 Å². The van der Waals surface area contributed by atoms with Crippen molar-refractivity contribution in [3.63, 3.8) is 0 Å². The van der Waals surface area contributed by atoms with Gasteiger partial charge in [-0.1, -0.05) is 6.07 Å². The van der Waals surface area contributed by atoms with Crippen molar-refractivity contribution in [1.29, 1.82) is 0 Å². The third kappa shape index (κ3) is 4.82. The fourth-order valence-corrected chi connectivity index (χ4v) is 5.11. The number of nitrogens with zero attached hydrogens (tertiary/aromatic N) is 3. The van der Waals surface area contributed by atoms with E-state index < -0.39 is 0 Å². The van der Waals surface area contributed by atoms with Crippen LogP contribution in [0, 0.1) is 0 Å². The maximum atomic E-state index is 12.9. The molecule has 0 aliphatic carbocycles. The third-order valence-corrected chi connectivity index (χ3v) is 6.86. The zero-order chi connectivity index (χ0) is 20.9. The minimum atomic E-state index is -0.0949. The smallest absolute Gasteiger partial charge is 0.239 e. The van der Waals surface area contributed by atoms with Gasteiger partial charge in [0, 0.05) is 69.8 Å². The zero-order valence-corrected chi connectivity index (χ0v) is 17.8. The Morgan fingerprint density at radius 3 is 2.93 bits per heavy atom. The van der Waals surface area contributed by atoms with Gasteiger partial charge in [0.25, 0.3) is 0 Å². The predicted octanol–water partition coefficient (Wildman–Crippen LogP) is 0.530. The molecule has 4 heterocycles. The van der Waals surface area contributed by atoms with Crippen LogP contribution in [0.1, 0.15) is 37.7 Å². The normalized spacial score (nSPS) is 28.6. The average molecular weight is 416 g/mol. The highest BCUT2D eigenvalue weighted by atomic mass is 16.5. The number of aromatic nitrogens is 1. The Labute approximate surface area is 178 Å². The summed E-state index contributed by atoms with van der Waals surface area (Å²) in [6.07, 6.45) is 7.67. The van der Waals surface area contributed by atoms with Gasteiger partial charge in [-0.25, -0.2) is 0 Å². The van der Waals surface area contributed by atoms with E-state index in [2.05, 4.69) is 32.5 Å². The standard InChI is InChI=1S/C22H33N5O3/c1-26-18(4-5-20(28)24-14-16-3-2-9-23-13-16)15-25-22(29)21-19(26)6-10-27(21)17-7-11-30-12-8-17/h2-3,9,13,17-19,21H,4-8,10-12,14-15H2,1H3,(H,24,28)(H,25,29)/t18-,19-,21-/m0/s1. The number of hydrogen-bond donors (Lipinski definition) is 2. The maximum absolute atomic E-state index is 12.9. The van der Waals surface area contributed by atoms with Crippen molar-refractivity contribution in [1.82, 2.24) is 25.4 Å². The summed E-state index contributed by atoms with van der Waals surface area (Å²) in [6, 6.07) is 4.53. The third-order valence-electron chi connectivity index (χ3n) is 6.86. The molecule has 1 aromatic heterocycles. The van der Waals surface area contributed by atoms with E-state index in [1.807, 2.05) is 12.1 Å². The zero-order valence-electron chi connectivity index (χ0n) is 17.8. The van der Waals surface area contributed by atoms with Crippen LogP contribution in [-0.4, -0.2) is 84.1 Å². The first-order chi connectivity index (χ1) is 14.6. The van der Waals surface area contributed by atoms with Gasteiger partial charge in [0.2, 0.25) is 11.8 Å². The predicted molar refractivity (Wildman–Crippen MR) is 113 cm³/mol. The van der Waals surface area contributed by atoms with Gasteiger partial charge in [0.1, 0.15) is 6.04 Å². The minimum Gasteiger partial charge on any atom is -0.381 e. The van der Waals surface area contributed by atoms with E-state index in [0.29, 0.717) is 25.6 Å². The average Bonchev–Trinajstić information content (AvgIpc) is 3.19. The number of likely N-dealkylation sites (tertiary alicyclic amines) is 1. The molecule has 4 rings (SSSR count). The Morgan fingerprint density at radius 2 is 2.17 bits per heavy atom. The molecule has 0 unspecified atom stereocenters. The van der Waals surface area contributed by atoms with Gasteiger partial charge in [-0.2, -0.15) is 0 Å². The molecule has 0 aromatic carbocycles. The molecular formula is C22H33N5O3. The molecule has 8 nitrogen and oxygen atoms in total. The number of carbonyl (C=O) groups is 2. The van der Waals surface area contributed by atoms with Crippen LogP contribution in [0.15, 0.2) is 24.5 Å². The molecule has 3 fully saturated rings. The molecular weight excluding hydrogens is 382 g/mol. The molecule has 0 spiro atoms. The summed E-state index contributed by atoms with van der Waals surface area (Å²) < 4.78 is 5.51. The molecule has 0 saturated carbocycles.